The molecule has 0 saturated carbocycles. The quantitative estimate of drug-likeness (QED) is 0.131. The third-order valence-electron chi connectivity index (χ3n) is 8.26. The molecule has 0 spiro atoms. The molecule has 0 bridgehead atoms. The van der Waals surface area contributed by atoms with E-state index in [-0.39, 0.29) is 25.5 Å². The molecule has 0 N–H and O–H groups in total. The van der Waals surface area contributed by atoms with E-state index in [2.05, 4.69) is 143 Å². The summed E-state index contributed by atoms with van der Waals surface area (Å²) in [5.74, 6) is 0. The monoisotopic (exact) mass is 789 g/mol. The Hall–Kier alpha value is -4.43. The Bertz CT molecular complexity index is 2060. The second kappa shape index (κ2) is 14.6. The molecule has 0 aliphatic heterocycles. The molecule has 0 amide bonds. The first-order chi connectivity index (χ1) is 22.1. The molecule has 0 saturated heterocycles. The molecule has 7 aromatic rings. The maximum Gasteiger partial charge on any atom is 0.0192 e. The van der Waals surface area contributed by atoms with Crippen LogP contribution in [0.5, 0.6) is 0 Å². The molecule has 2 aromatic heterocycles. The largest absolute Gasteiger partial charge is 0.304 e. The number of rotatable bonds is 4. The predicted molar refractivity (Wildman–Crippen MR) is 195 cm³/mol. The number of aryl methyl sites for hydroxylation is 3. The molecule has 2 nitrogen and oxygen atoms in total. The van der Waals surface area contributed by atoms with Gasteiger partial charge in [0.2, 0.25) is 0 Å². The fourth-order valence-corrected chi connectivity index (χ4v) is 5.81. The van der Waals surface area contributed by atoms with E-state index in [1.165, 1.54) is 54.9 Å². The van der Waals surface area contributed by atoms with Gasteiger partial charge in [0.15, 0.2) is 0 Å². The van der Waals surface area contributed by atoms with E-state index in [4.69, 9.17) is 4.98 Å². The summed E-state index contributed by atoms with van der Waals surface area (Å²) in [6.45, 7) is 13.1. The van der Waals surface area contributed by atoms with Gasteiger partial charge >= 0.3 is 0 Å². The Kier molecular flexibility index (Phi) is 10.5. The van der Waals surface area contributed by atoms with Crippen LogP contribution in [0.2, 0.25) is 0 Å². The van der Waals surface area contributed by atoms with Crippen LogP contribution in [-0.4, -0.2) is 9.97 Å². The molecular weight excluding hydrogens is 749 g/mol. The van der Waals surface area contributed by atoms with E-state index in [0.717, 1.165) is 28.9 Å². The third-order valence-corrected chi connectivity index (χ3v) is 8.26. The van der Waals surface area contributed by atoms with Crippen molar-refractivity contribution in [3.8, 4) is 33.6 Å². The first kappa shape index (κ1) is 33.9. The summed E-state index contributed by atoms with van der Waals surface area (Å²) in [6, 6.07) is 45.2. The fourth-order valence-electron chi connectivity index (χ4n) is 5.81. The van der Waals surface area contributed by atoms with Gasteiger partial charge in [0.05, 0.1) is 0 Å². The standard InChI is InChI=1S/C31H28N.C13H12N.Ir/c1-21-20-32-30(18-25(21)19-31(2,3)4)23-15-13-22(14-16-23)29-17-24-9-5-6-10-26(24)27-11-7-8-12-28(27)29;1-10-3-6-12(7-4-10)13-8-5-11(2)9-14-13;/h5-15,17-18,20H,19H2,1-4H3;3-6,8-9H,1-2H3;/q2*-1;. The van der Waals surface area contributed by atoms with Crippen LogP contribution in [0, 0.1) is 38.3 Å². The van der Waals surface area contributed by atoms with Crippen LogP contribution in [0.25, 0.3) is 55.2 Å². The number of benzene rings is 5. The van der Waals surface area contributed by atoms with Crippen molar-refractivity contribution in [2.24, 2.45) is 5.41 Å². The average Bonchev–Trinajstić information content (AvgIpc) is 3.06. The Morgan fingerprint density at radius 3 is 1.89 bits per heavy atom. The zero-order chi connectivity index (χ0) is 32.3. The molecule has 2 heterocycles. The van der Waals surface area contributed by atoms with Crippen LogP contribution < -0.4 is 0 Å². The van der Waals surface area contributed by atoms with Crippen LogP contribution in [0.15, 0.2) is 122 Å². The molecule has 5 aromatic carbocycles. The first-order valence-corrected chi connectivity index (χ1v) is 15.9. The minimum atomic E-state index is 0. The molecule has 0 fully saturated rings. The van der Waals surface area contributed by atoms with E-state index in [0.29, 0.717) is 0 Å². The smallest absolute Gasteiger partial charge is 0.0192 e. The van der Waals surface area contributed by atoms with Crippen molar-refractivity contribution in [1.82, 2.24) is 9.97 Å². The van der Waals surface area contributed by atoms with Crippen LogP contribution in [0.4, 0.5) is 0 Å². The van der Waals surface area contributed by atoms with Crippen LogP contribution in [0.1, 0.15) is 43.0 Å². The maximum atomic E-state index is 4.70. The molecular formula is C44H40IrN2-2. The SMILES string of the molecule is Cc1c[c-]c(-c2ccc(C)cn2)cc1.Cc1cnc(-c2[c-]cc(-c3cc4ccccc4c4ccccc34)cc2)cc1CC(C)(C)C.[Ir]. The van der Waals surface area contributed by atoms with Crippen molar-refractivity contribution in [3.05, 3.63) is 156 Å². The number of nitrogens with zero attached hydrogens (tertiary/aromatic N) is 2. The van der Waals surface area contributed by atoms with E-state index < -0.39 is 0 Å². The average molecular weight is 789 g/mol. The van der Waals surface area contributed by atoms with Gasteiger partial charge in [0.1, 0.15) is 0 Å². The fraction of sp³-hybridized carbons (Fsp3) is 0.182. The minimum Gasteiger partial charge on any atom is -0.304 e. The normalized spacial score (nSPS) is 11.1. The van der Waals surface area contributed by atoms with Gasteiger partial charge in [-0.3, -0.25) is 0 Å². The first-order valence-electron chi connectivity index (χ1n) is 15.9. The third kappa shape index (κ3) is 8.11. The summed E-state index contributed by atoms with van der Waals surface area (Å²) < 4.78 is 0. The second-order valence-corrected chi connectivity index (χ2v) is 13.4. The van der Waals surface area contributed by atoms with Gasteiger partial charge in [0.25, 0.3) is 0 Å². The van der Waals surface area contributed by atoms with Crippen molar-refractivity contribution in [3.63, 3.8) is 0 Å². The number of hydrogen-bond acceptors (Lipinski definition) is 2. The maximum absolute atomic E-state index is 4.70. The van der Waals surface area contributed by atoms with Crippen molar-refractivity contribution in [1.29, 1.82) is 0 Å². The second-order valence-electron chi connectivity index (χ2n) is 13.4. The van der Waals surface area contributed by atoms with Crippen molar-refractivity contribution in [2.45, 2.75) is 48.0 Å². The van der Waals surface area contributed by atoms with E-state index in [1.54, 1.807) is 0 Å². The zero-order valence-electron chi connectivity index (χ0n) is 28.0. The summed E-state index contributed by atoms with van der Waals surface area (Å²) in [4.78, 5) is 9.05. The molecule has 0 unspecified atom stereocenters. The molecule has 3 heteroatoms. The van der Waals surface area contributed by atoms with Crippen molar-refractivity contribution >= 4 is 21.5 Å². The van der Waals surface area contributed by atoms with Gasteiger partial charge in [-0.2, -0.15) is 0 Å². The van der Waals surface area contributed by atoms with Gasteiger partial charge in [-0.05, 0) is 69.7 Å². The Morgan fingerprint density at radius 2 is 1.23 bits per heavy atom. The van der Waals surface area contributed by atoms with Gasteiger partial charge in [-0.15, -0.1) is 65.2 Å². The summed E-state index contributed by atoms with van der Waals surface area (Å²) >= 11 is 0. The van der Waals surface area contributed by atoms with Gasteiger partial charge in [-0.1, -0.05) is 117 Å². The van der Waals surface area contributed by atoms with Gasteiger partial charge < -0.3 is 9.97 Å². The predicted octanol–water partition coefficient (Wildman–Crippen LogP) is 11.6. The van der Waals surface area contributed by atoms with Crippen LogP contribution in [-0.2, 0) is 26.5 Å². The molecule has 47 heavy (non-hydrogen) atoms. The number of pyridine rings is 2. The molecule has 0 atom stereocenters. The Morgan fingerprint density at radius 1 is 0.596 bits per heavy atom. The molecule has 0 aliphatic carbocycles. The summed E-state index contributed by atoms with van der Waals surface area (Å²) in [6.07, 6.45) is 4.91. The molecule has 1 radical (unpaired) electrons. The Balaban J connectivity index is 0.000000243. The number of aromatic nitrogens is 2. The number of fused-ring (bicyclic) bond motifs is 3. The Labute approximate surface area is 293 Å². The summed E-state index contributed by atoms with van der Waals surface area (Å²) in [5.41, 5.74) is 11.7. The topological polar surface area (TPSA) is 25.8 Å². The van der Waals surface area contributed by atoms with Crippen LogP contribution in [0.3, 0.4) is 0 Å². The molecule has 237 valence electrons. The van der Waals surface area contributed by atoms with E-state index in [1.807, 2.05) is 37.5 Å². The minimum absolute atomic E-state index is 0. The van der Waals surface area contributed by atoms with Crippen molar-refractivity contribution < 1.29 is 20.1 Å². The molecule has 7 rings (SSSR count). The molecule has 0 aliphatic rings. The van der Waals surface area contributed by atoms with Crippen LogP contribution >= 0.6 is 0 Å². The zero-order valence-corrected chi connectivity index (χ0v) is 30.4. The van der Waals surface area contributed by atoms with Gasteiger partial charge in [-0.25, -0.2) is 0 Å². The number of hydrogen-bond donors (Lipinski definition) is 0. The summed E-state index contributed by atoms with van der Waals surface area (Å²) in [5, 5.41) is 5.12. The van der Waals surface area contributed by atoms with E-state index >= 15 is 0 Å². The summed E-state index contributed by atoms with van der Waals surface area (Å²) in [7, 11) is 0. The van der Waals surface area contributed by atoms with E-state index in [9.17, 15) is 0 Å². The van der Waals surface area contributed by atoms with Crippen molar-refractivity contribution in [2.75, 3.05) is 0 Å². The van der Waals surface area contributed by atoms with Gasteiger partial charge in [0, 0.05) is 32.5 Å².